The summed E-state index contributed by atoms with van der Waals surface area (Å²) in [6.07, 6.45) is 0. The van der Waals surface area contributed by atoms with Crippen LogP contribution in [0.4, 0.5) is 0 Å². The number of nitrogens with one attached hydrogen (secondary N) is 1. The van der Waals surface area contributed by atoms with Gasteiger partial charge in [-0.1, -0.05) is 42.5 Å². The Morgan fingerprint density at radius 2 is 1.89 bits per heavy atom. The van der Waals surface area contributed by atoms with E-state index in [2.05, 4.69) is 28.2 Å². The topological polar surface area (TPSA) is 37.9 Å². The van der Waals surface area contributed by atoms with Crippen LogP contribution in [-0.2, 0) is 11.3 Å². The Labute approximate surface area is 105 Å². The molecule has 0 bridgehead atoms. The van der Waals surface area contributed by atoms with Crippen molar-refractivity contribution >= 4 is 11.0 Å². The molecule has 0 radical (unpaired) electrons. The van der Waals surface area contributed by atoms with E-state index >= 15 is 0 Å². The van der Waals surface area contributed by atoms with Crippen molar-refractivity contribution in [3.63, 3.8) is 0 Å². The van der Waals surface area contributed by atoms with Gasteiger partial charge in [0.25, 0.3) is 0 Å². The summed E-state index contributed by atoms with van der Waals surface area (Å²) in [4.78, 5) is 7.87. The molecule has 0 aliphatic rings. The number of benzene rings is 2. The number of fused-ring (bicyclic) bond motifs is 1. The van der Waals surface area contributed by atoms with Crippen molar-refractivity contribution in [3.8, 4) is 11.1 Å². The molecule has 2 aromatic carbocycles. The monoisotopic (exact) mass is 238 g/mol. The Hall–Kier alpha value is -2.13. The maximum absolute atomic E-state index is 5.11. The molecule has 0 aliphatic heterocycles. The van der Waals surface area contributed by atoms with E-state index in [1.165, 1.54) is 5.56 Å². The van der Waals surface area contributed by atoms with E-state index in [-0.39, 0.29) is 0 Å². The minimum atomic E-state index is 0.503. The second-order valence-corrected chi connectivity index (χ2v) is 4.18. The van der Waals surface area contributed by atoms with Crippen LogP contribution >= 0.6 is 0 Å². The molecule has 0 amide bonds. The number of rotatable bonds is 3. The van der Waals surface area contributed by atoms with E-state index in [0.717, 1.165) is 22.4 Å². The molecule has 3 aromatic rings. The fourth-order valence-corrected chi connectivity index (χ4v) is 2.14. The molecule has 18 heavy (non-hydrogen) atoms. The lowest BCUT2D eigenvalue weighted by atomic mass is 10.0. The Morgan fingerprint density at radius 1 is 1.06 bits per heavy atom. The van der Waals surface area contributed by atoms with Crippen LogP contribution in [0.25, 0.3) is 22.2 Å². The molecule has 0 atom stereocenters. The van der Waals surface area contributed by atoms with Gasteiger partial charge in [-0.15, -0.1) is 0 Å². The largest absolute Gasteiger partial charge is 0.377 e. The van der Waals surface area contributed by atoms with Crippen molar-refractivity contribution in [2.45, 2.75) is 6.61 Å². The summed E-state index contributed by atoms with van der Waals surface area (Å²) in [5.74, 6) is 0.857. The molecule has 3 rings (SSSR count). The highest BCUT2D eigenvalue weighted by atomic mass is 16.5. The van der Waals surface area contributed by atoms with Crippen LogP contribution < -0.4 is 0 Å². The van der Waals surface area contributed by atoms with E-state index in [4.69, 9.17) is 4.74 Å². The maximum atomic E-state index is 5.11. The average molecular weight is 238 g/mol. The predicted molar refractivity (Wildman–Crippen MR) is 72.2 cm³/mol. The summed E-state index contributed by atoms with van der Waals surface area (Å²) >= 11 is 0. The Bertz CT molecular complexity index is 659. The standard InChI is InChI=1S/C15H14N2O/c1-18-10-14-16-13-9-5-8-12(15(13)17-14)11-6-3-2-4-7-11/h2-9H,10H2,1H3,(H,16,17). The lowest BCUT2D eigenvalue weighted by Crippen LogP contribution is -1.88. The number of H-pyrrole nitrogens is 1. The number of para-hydroxylation sites is 1. The highest BCUT2D eigenvalue weighted by molar-refractivity contribution is 5.91. The SMILES string of the molecule is COCc1nc2c(-c3ccccc3)cccc2[nH]1. The third-order valence-corrected chi connectivity index (χ3v) is 2.93. The number of imidazole rings is 1. The van der Waals surface area contributed by atoms with Gasteiger partial charge >= 0.3 is 0 Å². The highest BCUT2D eigenvalue weighted by Crippen LogP contribution is 2.26. The minimum absolute atomic E-state index is 0.503. The lowest BCUT2D eigenvalue weighted by molar-refractivity contribution is 0.179. The van der Waals surface area contributed by atoms with Gasteiger partial charge in [-0.05, 0) is 11.6 Å². The van der Waals surface area contributed by atoms with Gasteiger partial charge in [-0.2, -0.15) is 0 Å². The zero-order chi connectivity index (χ0) is 12.4. The van der Waals surface area contributed by atoms with Crippen molar-refractivity contribution < 1.29 is 4.74 Å². The number of aromatic amines is 1. The maximum Gasteiger partial charge on any atom is 0.133 e. The van der Waals surface area contributed by atoms with Gasteiger partial charge in [-0.25, -0.2) is 4.98 Å². The van der Waals surface area contributed by atoms with Gasteiger partial charge in [0.2, 0.25) is 0 Å². The molecule has 0 fully saturated rings. The Kier molecular flexibility index (Phi) is 2.82. The van der Waals surface area contributed by atoms with Crippen LogP contribution in [0, 0.1) is 0 Å². The van der Waals surface area contributed by atoms with Crippen LogP contribution in [0.15, 0.2) is 48.5 Å². The smallest absolute Gasteiger partial charge is 0.133 e. The number of ether oxygens (including phenoxy) is 1. The van der Waals surface area contributed by atoms with E-state index < -0.39 is 0 Å². The molecule has 3 nitrogen and oxygen atoms in total. The van der Waals surface area contributed by atoms with E-state index in [1.807, 2.05) is 30.3 Å². The first-order chi connectivity index (χ1) is 8.88. The molecule has 0 saturated carbocycles. The molecule has 0 aliphatic carbocycles. The molecular weight excluding hydrogens is 224 g/mol. The van der Waals surface area contributed by atoms with E-state index in [1.54, 1.807) is 7.11 Å². The fourth-order valence-electron chi connectivity index (χ4n) is 2.14. The van der Waals surface area contributed by atoms with Crippen molar-refractivity contribution in [2.75, 3.05) is 7.11 Å². The first-order valence-electron chi connectivity index (χ1n) is 5.90. The predicted octanol–water partition coefficient (Wildman–Crippen LogP) is 3.38. The normalized spacial score (nSPS) is 10.9. The summed E-state index contributed by atoms with van der Waals surface area (Å²) in [5, 5.41) is 0. The van der Waals surface area contributed by atoms with Crippen molar-refractivity contribution in [1.82, 2.24) is 9.97 Å². The molecule has 1 heterocycles. The highest BCUT2D eigenvalue weighted by Gasteiger charge is 2.08. The van der Waals surface area contributed by atoms with Gasteiger partial charge in [0.05, 0.1) is 11.0 Å². The first-order valence-corrected chi connectivity index (χ1v) is 5.90. The number of hydrogen-bond donors (Lipinski definition) is 1. The zero-order valence-corrected chi connectivity index (χ0v) is 10.2. The van der Waals surface area contributed by atoms with Gasteiger partial charge in [-0.3, -0.25) is 0 Å². The minimum Gasteiger partial charge on any atom is -0.377 e. The number of methoxy groups -OCH3 is 1. The summed E-state index contributed by atoms with van der Waals surface area (Å²) in [5.41, 5.74) is 4.37. The van der Waals surface area contributed by atoms with Crippen molar-refractivity contribution in [3.05, 3.63) is 54.4 Å². The molecule has 1 aromatic heterocycles. The van der Waals surface area contributed by atoms with Gasteiger partial charge < -0.3 is 9.72 Å². The first kappa shape index (κ1) is 11.0. The van der Waals surface area contributed by atoms with Crippen LogP contribution in [0.2, 0.25) is 0 Å². The van der Waals surface area contributed by atoms with Crippen LogP contribution in [0.5, 0.6) is 0 Å². The van der Waals surface area contributed by atoms with Crippen LogP contribution in [0.1, 0.15) is 5.82 Å². The number of aromatic nitrogens is 2. The summed E-state index contributed by atoms with van der Waals surface area (Å²) < 4.78 is 5.11. The van der Waals surface area contributed by atoms with Crippen molar-refractivity contribution in [1.29, 1.82) is 0 Å². The summed E-state index contributed by atoms with van der Waals surface area (Å²) in [6.45, 7) is 0.503. The summed E-state index contributed by atoms with van der Waals surface area (Å²) in [6, 6.07) is 16.5. The molecule has 0 spiro atoms. The molecule has 0 unspecified atom stereocenters. The Balaban J connectivity index is 2.17. The Morgan fingerprint density at radius 3 is 2.67 bits per heavy atom. The quantitative estimate of drug-likeness (QED) is 0.759. The number of hydrogen-bond acceptors (Lipinski definition) is 2. The van der Waals surface area contributed by atoms with Gasteiger partial charge in [0.15, 0.2) is 0 Å². The molecule has 1 N–H and O–H groups in total. The molecule has 0 saturated heterocycles. The summed E-state index contributed by atoms with van der Waals surface area (Å²) in [7, 11) is 1.67. The second-order valence-electron chi connectivity index (χ2n) is 4.18. The molecular formula is C15H14N2O. The number of nitrogens with zero attached hydrogens (tertiary/aromatic N) is 1. The zero-order valence-electron chi connectivity index (χ0n) is 10.2. The van der Waals surface area contributed by atoms with Gasteiger partial charge in [0.1, 0.15) is 12.4 Å². The van der Waals surface area contributed by atoms with Gasteiger partial charge in [0, 0.05) is 12.7 Å². The molecule has 3 heteroatoms. The van der Waals surface area contributed by atoms with E-state index in [9.17, 15) is 0 Å². The van der Waals surface area contributed by atoms with Crippen molar-refractivity contribution in [2.24, 2.45) is 0 Å². The van der Waals surface area contributed by atoms with Crippen LogP contribution in [0.3, 0.4) is 0 Å². The average Bonchev–Trinajstić information content (AvgIpc) is 2.82. The second kappa shape index (κ2) is 4.63. The third-order valence-electron chi connectivity index (χ3n) is 2.93. The van der Waals surface area contributed by atoms with E-state index in [0.29, 0.717) is 6.61 Å². The fraction of sp³-hybridized carbons (Fsp3) is 0.133. The lowest BCUT2D eigenvalue weighted by Gasteiger charge is -2.01. The van der Waals surface area contributed by atoms with Crippen LogP contribution in [-0.4, -0.2) is 17.1 Å². The third kappa shape index (κ3) is 1.89. The molecule has 90 valence electrons.